The summed E-state index contributed by atoms with van der Waals surface area (Å²) in [6.07, 6.45) is 4.88. The van der Waals surface area contributed by atoms with E-state index >= 15 is 0 Å². The van der Waals surface area contributed by atoms with Crippen molar-refractivity contribution >= 4 is 11.6 Å². The van der Waals surface area contributed by atoms with E-state index in [1.165, 1.54) is 25.9 Å². The van der Waals surface area contributed by atoms with Gasteiger partial charge in [-0.3, -0.25) is 9.89 Å². The maximum absolute atomic E-state index is 12.2. The highest BCUT2D eigenvalue weighted by molar-refractivity contribution is 5.97. The van der Waals surface area contributed by atoms with Crippen LogP contribution >= 0.6 is 0 Å². The fraction of sp³-hybridized carbons (Fsp3) is 0.733. The number of hydrogen-bond acceptors (Lipinski definition) is 4. The molecule has 0 bridgehead atoms. The highest BCUT2D eigenvalue weighted by Gasteiger charge is 2.30. The quantitative estimate of drug-likeness (QED) is 0.738. The van der Waals surface area contributed by atoms with Crippen LogP contribution < -0.4 is 11.1 Å². The molecule has 21 heavy (non-hydrogen) atoms. The lowest BCUT2D eigenvalue weighted by molar-refractivity contribution is 0.0941. The Morgan fingerprint density at radius 1 is 1.48 bits per heavy atom. The van der Waals surface area contributed by atoms with Gasteiger partial charge < -0.3 is 16.0 Å². The molecular formula is C15H25N5O. The molecular weight excluding hydrogens is 266 g/mol. The number of nitrogen functional groups attached to an aromatic ring is 1. The van der Waals surface area contributed by atoms with Crippen molar-refractivity contribution in [1.29, 1.82) is 0 Å². The molecule has 2 heterocycles. The predicted octanol–water partition coefficient (Wildman–Crippen LogP) is 1.33. The van der Waals surface area contributed by atoms with Crippen LogP contribution in [-0.4, -0.2) is 47.2 Å². The molecule has 1 unspecified atom stereocenters. The molecule has 6 heteroatoms. The van der Waals surface area contributed by atoms with E-state index in [1.807, 2.05) is 0 Å². The highest BCUT2D eigenvalue weighted by atomic mass is 16.1. The first-order valence-electron chi connectivity index (χ1n) is 7.99. The van der Waals surface area contributed by atoms with Gasteiger partial charge in [0, 0.05) is 19.0 Å². The van der Waals surface area contributed by atoms with Gasteiger partial charge in [-0.25, -0.2) is 0 Å². The van der Waals surface area contributed by atoms with Crippen molar-refractivity contribution in [3.63, 3.8) is 0 Å². The molecule has 2 aliphatic rings. The highest BCUT2D eigenvalue weighted by Crippen LogP contribution is 2.42. The second kappa shape index (κ2) is 6.05. The molecule has 1 aromatic rings. The van der Waals surface area contributed by atoms with E-state index in [2.05, 4.69) is 27.3 Å². The maximum atomic E-state index is 12.2. The molecule has 1 saturated heterocycles. The smallest absolute Gasteiger partial charge is 0.273 e. The van der Waals surface area contributed by atoms with Gasteiger partial charge >= 0.3 is 0 Å². The number of hydrogen-bond donors (Lipinski definition) is 3. The minimum absolute atomic E-state index is 0.163. The van der Waals surface area contributed by atoms with Gasteiger partial charge in [0.05, 0.1) is 11.4 Å². The Labute approximate surface area is 125 Å². The van der Waals surface area contributed by atoms with Gasteiger partial charge in [-0.1, -0.05) is 6.92 Å². The molecule has 1 aromatic heterocycles. The molecule has 116 valence electrons. The average molecular weight is 291 g/mol. The van der Waals surface area contributed by atoms with E-state index in [1.54, 1.807) is 0 Å². The Balaban J connectivity index is 1.49. The summed E-state index contributed by atoms with van der Waals surface area (Å²) in [5.41, 5.74) is 7.84. The number of amides is 1. The largest absolute Gasteiger partial charge is 0.395 e. The third-order valence-corrected chi connectivity index (χ3v) is 4.41. The lowest BCUT2D eigenvalue weighted by atomic mass is 10.1. The number of nitrogens with one attached hydrogen (secondary N) is 2. The number of nitrogens with two attached hydrogens (primary N) is 1. The van der Waals surface area contributed by atoms with E-state index in [0.717, 1.165) is 25.1 Å². The summed E-state index contributed by atoms with van der Waals surface area (Å²) in [5, 5.41) is 9.96. The normalized spacial score (nSPS) is 20.6. The van der Waals surface area contributed by atoms with Gasteiger partial charge in [0.25, 0.3) is 5.91 Å². The summed E-state index contributed by atoms with van der Waals surface area (Å²) in [6.45, 7) is 6.26. The first-order valence-corrected chi connectivity index (χ1v) is 7.99. The number of anilines is 1. The summed E-state index contributed by atoms with van der Waals surface area (Å²) < 4.78 is 0. The van der Waals surface area contributed by atoms with Crippen LogP contribution in [0.15, 0.2) is 0 Å². The number of carbonyl (C=O) groups excluding carboxylic acids is 1. The zero-order chi connectivity index (χ0) is 14.8. The standard InChI is InChI=1S/C15H25N5O/c1-10(9-20-6-2-3-7-20)8-17-15(21)14-12(16)13(18-19-14)11-4-5-11/h10-11H,2-9,16H2,1H3,(H,17,21)(H,18,19). The Bertz CT molecular complexity index is 502. The van der Waals surface area contributed by atoms with Gasteiger partial charge in [0.15, 0.2) is 5.69 Å². The van der Waals surface area contributed by atoms with Crippen LogP contribution in [0.25, 0.3) is 0 Å². The van der Waals surface area contributed by atoms with Crippen molar-refractivity contribution < 1.29 is 4.79 Å². The second-order valence-electron chi connectivity index (χ2n) is 6.50. The van der Waals surface area contributed by atoms with E-state index < -0.39 is 0 Å². The van der Waals surface area contributed by atoms with Crippen LogP contribution in [0.1, 0.15) is 54.7 Å². The Kier molecular flexibility index (Phi) is 4.14. The molecule has 2 fully saturated rings. The van der Waals surface area contributed by atoms with Crippen LogP contribution in [0.5, 0.6) is 0 Å². The minimum Gasteiger partial charge on any atom is -0.395 e. The van der Waals surface area contributed by atoms with Crippen molar-refractivity contribution in [1.82, 2.24) is 20.4 Å². The maximum Gasteiger partial charge on any atom is 0.273 e. The Morgan fingerprint density at radius 3 is 2.86 bits per heavy atom. The number of aromatic nitrogens is 2. The molecule has 0 spiro atoms. The Hall–Kier alpha value is -1.56. The number of carbonyl (C=O) groups is 1. The molecule has 0 aromatic carbocycles. The van der Waals surface area contributed by atoms with Crippen molar-refractivity contribution in [3.8, 4) is 0 Å². The van der Waals surface area contributed by atoms with E-state index in [0.29, 0.717) is 29.8 Å². The monoisotopic (exact) mass is 291 g/mol. The van der Waals surface area contributed by atoms with Crippen molar-refractivity contribution in [3.05, 3.63) is 11.4 Å². The van der Waals surface area contributed by atoms with Crippen molar-refractivity contribution in [2.45, 2.75) is 38.5 Å². The third-order valence-electron chi connectivity index (χ3n) is 4.41. The van der Waals surface area contributed by atoms with Crippen molar-refractivity contribution in [2.75, 3.05) is 31.9 Å². The van der Waals surface area contributed by atoms with E-state index in [4.69, 9.17) is 5.73 Å². The van der Waals surface area contributed by atoms with E-state index in [-0.39, 0.29) is 5.91 Å². The summed E-state index contributed by atoms with van der Waals surface area (Å²) in [4.78, 5) is 14.6. The zero-order valence-corrected chi connectivity index (χ0v) is 12.7. The number of nitrogens with zero attached hydrogens (tertiary/aromatic N) is 2. The zero-order valence-electron chi connectivity index (χ0n) is 12.7. The molecule has 1 aliphatic heterocycles. The van der Waals surface area contributed by atoms with Crippen LogP contribution in [0.2, 0.25) is 0 Å². The summed E-state index contributed by atoms with van der Waals surface area (Å²) in [6, 6.07) is 0. The first-order chi connectivity index (χ1) is 10.1. The molecule has 1 aliphatic carbocycles. The summed E-state index contributed by atoms with van der Waals surface area (Å²) >= 11 is 0. The fourth-order valence-electron chi connectivity index (χ4n) is 3.04. The molecule has 6 nitrogen and oxygen atoms in total. The molecule has 4 N–H and O–H groups in total. The topological polar surface area (TPSA) is 87.0 Å². The summed E-state index contributed by atoms with van der Waals surface area (Å²) in [5.74, 6) is 0.757. The third kappa shape index (κ3) is 3.37. The lowest BCUT2D eigenvalue weighted by Crippen LogP contribution is -2.34. The number of rotatable bonds is 6. The van der Waals surface area contributed by atoms with Gasteiger partial charge in [-0.15, -0.1) is 0 Å². The number of aromatic amines is 1. The average Bonchev–Trinajstić information content (AvgIpc) is 3.04. The van der Waals surface area contributed by atoms with Crippen LogP contribution in [0.3, 0.4) is 0 Å². The van der Waals surface area contributed by atoms with Gasteiger partial charge in [-0.05, 0) is 44.7 Å². The second-order valence-corrected chi connectivity index (χ2v) is 6.50. The van der Waals surface area contributed by atoms with Crippen molar-refractivity contribution in [2.24, 2.45) is 5.92 Å². The summed E-state index contributed by atoms with van der Waals surface area (Å²) in [7, 11) is 0. The Morgan fingerprint density at radius 2 is 2.19 bits per heavy atom. The van der Waals surface area contributed by atoms with Crippen LogP contribution in [0, 0.1) is 5.92 Å². The van der Waals surface area contributed by atoms with Crippen LogP contribution in [0.4, 0.5) is 5.69 Å². The van der Waals surface area contributed by atoms with Gasteiger partial charge in [-0.2, -0.15) is 5.10 Å². The molecule has 1 atom stereocenters. The number of H-pyrrole nitrogens is 1. The molecule has 3 rings (SSSR count). The molecule has 1 amide bonds. The van der Waals surface area contributed by atoms with Gasteiger partial charge in [0.2, 0.25) is 0 Å². The van der Waals surface area contributed by atoms with Crippen LogP contribution in [-0.2, 0) is 0 Å². The van der Waals surface area contributed by atoms with E-state index in [9.17, 15) is 4.79 Å². The lowest BCUT2D eigenvalue weighted by Gasteiger charge is -2.20. The molecule has 1 saturated carbocycles. The van der Waals surface area contributed by atoms with Gasteiger partial charge in [0.1, 0.15) is 0 Å². The molecule has 0 radical (unpaired) electrons. The number of likely N-dealkylation sites (tertiary alicyclic amines) is 1. The fourth-order valence-corrected chi connectivity index (χ4v) is 3.04. The first kappa shape index (κ1) is 14.4. The SMILES string of the molecule is CC(CNC(=O)c1n[nH]c(C2CC2)c1N)CN1CCCC1. The minimum atomic E-state index is -0.163. The predicted molar refractivity (Wildman–Crippen MR) is 82.1 cm³/mol.